The fraction of sp³-hybridized carbons (Fsp3) is 0.333. The maximum atomic E-state index is 12.7. The van der Waals surface area contributed by atoms with Gasteiger partial charge in [0.25, 0.3) is 11.8 Å². The summed E-state index contributed by atoms with van der Waals surface area (Å²) in [6, 6.07) is 11.6. The van der Waals surface area contributed by atoms with Crippen LogP contribution >= 0.6 is 0 Å². The normalized spacial score (nSPS) is 14.2. The van der Waals surface area contributed by atoms with E-state index in [2.05, 4.69) is 10.3 Å². The van der Waals surface area contributed by atoms with Crippen molar-refractivity contribution in [2.75, 3.05) is 19.7 Å². The SMILES string of the molecule is CCOC(=O)Oc1ccc(C(=O)N2CCC(NC(=O)c3ccccn3)CC2)cc1. The Morgan fingerprint density at radius 2 is 1.83 bits per heavy atom. The van der Waals surface area contributed by atoms with Gasteiger partial charge >= 0.3 is 6.16 Å². The Balaban J connectivity index is 1.49. The fourth-order valence-corrected chi connectivity index (χ4v) is 3.07. The van der Waals surface area contributed by atoms with Crippen LogP contribution in [0.2, 0.25) is 0 Å². The first-order valence-corrected chi connectivity index (χ1v) is 9.52. The molecule has 1 saturated heterocycles. The summed E-state index contributed by atoms with van der Waals surface area (Å²) < 4.78 is 9.71. The molecule has 0 spiro atoms. The predicted octanol–water partition coefficient (Wildman–Crippen LogP) is 2.65. The summed E-state index contributed by atoms with van der Waals surface area (Å²) in [5.41, 5.74) is 0.897. The van der Waals surface area contributed by atoms with Crippen molar-refractivity contribution in [3.05, 3.63) is 59.9 Å². The van der Waals surface area contributed by atoms with Crippen molar-refractivity contribution in [3.8, 4) is 5.75 Å². The van der Waals surface area contributed by atoms with Gasteiger partial charge in [0.1, 0.15) is 11.4 Å². The average molecular weight is 397 g/mol. The lowest BCUT2D eigenvalue weighted by molar-refractivity contribution is 0.0697. The van der Waals surface area contributed by atoms with Crippen molar-refractivity contribution in [2.45, 2.75) is 25.8 Å². The molecule has 0 atom stereocenters. The Hall–Kier alpha value is -3.42. The minimum Gasteiger partial charge on any atom is -0.434 e. The molecule has 0 saturated carbocycles. The first kappa shape index (κ1) is 20.3. The third-order valence-corrected chi connectivity index (χ3v) is 4.58. The summed E-state index contributed by atoms with van der Waals surface area (Å²) in [6.45, 7) is 3.02. The van der Waals surface area contributed by atoms with Crippen LogP contribution in [0.4, 0.5) is 4.79 Å². The number of nitrogens with zero attached hydrogens (tertiary/aromatic N) is 2. The second kappa shape index (κ2) is 9.68. The highest BCUT2D eigenvalue weighted by Gasteiger charge is 2.25. The molecular weight excluding hydrogens is 374 g/mol. The lowest BCUT2D eigenvalue weighted by Crippen LogP contribution is -2.46. The predicted molar refractivity (Wildman–Crippen MR) is 105 cm³/mol. The topological polar surface area (TPSA) is 97.8 Å². The van der Waals surface area contributed by atoms with Gasteiger partial charge in [0.2, 0.25) is 0 Å². The van der Waals surface area contributed by atoms with Gasteiger partial charge in [-0.3, -0.25) is 14.6 Å². The first-order chi connectivity index (χ1) is 14.1. The molecular formula is C21H23N3O5. The number of likely N-dealkylation sites (tertiary alicyclic amines) is 1. The summed E-state index contributed by atoms with van der Waals surface area (Å²) in [7, 11) is 0. The van der Waals surface area contributed by atoms with E-state index in [9.17, 15) is 14.4 Å². The molecule has 2 amide bonds. The number of amides is 2. The maximum Gasteiger partial charge on any atom is 0.513 e. The highest BCUT2D eigenvalue weighted by atomic mass is 16.7. The standard InChI is InChI=1S/C21H23N3O5/c1-2-28-21(27)29-17-8-6-15(7-9-17)20(26)24-13-10-16(11-14-24)23-19(25)18-5-3-4-12-22-18/h3-9,12,16H,2,10-11,13-14H2,1H3,(H,23,25). The summed E-state index contributed by atoms with van der Waals surface area (Å²) in [5, 5.41) is 2.97. The Bertz CT molecular complexity index is 846. The summed E-state index contributed by atoms with van der Waals surface area (Å²) in [5.74, 6) is 0.0192. The third-order valence-electron chi connectivity index (χ3n) is 4.58. The molecule has 1 aliphatic rings. The molecule has 0 radical (unpaired) electrons. The van der Waals surface area contributed by atoms with Crippen molar-refractivity contribution in [1.29, 1.82) is 0 Å². The Morgan fingerprint density at radius 3 is 2.45 bits per heavy atom. The summed E-state index contributed by atoms with van der Waals surface area (Å²) >= 11 is 0. The number of hydrogen-bond donors (Lipinski definition) is 1. The number of benzene rings is 1. The molecule has 0 bridgehead atoms. The molecule has 8 heteroatoms. The number of carbonyl (C=O) groups is 3. The van der Waals surface area contributed by atoms with Crippen LogP contribution < -0.4 is 10.1 Å². The second-order valence-electron chi connectivity index (χ2n) is 6.56. The molecule has 2 aromatic rings. The minimum atomic E-state index is -0.776. The minimum absolute atomic E-state index is 0.00825. The number of rotatable bonds is 5. The van der Waals surface area contributed by atoms with Crippen LogP contribution in [-0.4, -0.2) is 53.6 Å². The first-order valence-electron chi connectivity index (χ1n) is 9.52. The molecule has 1 aliphatic heterocycles. The van der Waals surface area contributed by atoms with Crippen molar-refractivity contribution >= 4 is 18.0 Å². The Kier molecular flexibility index (Phi) is 6.78. The van der Waals surface area contributed by atoms with Gasteiger partial charge in [0.05, 0.1) is 6.61 Å². The van der Waals surface area contributed by atoms with Gasteiger partial charge in [-0.25, -0.2) is 4.79 Å². The van der Waals surface area contributed by atoms with Crippen molar-refractivity contribution in [3.63, 3.8) is 0 Å². The van der Waals surface area contributed by atoms with E-state index in [4.69, 9.17) is 9.47 Å². The van der Waals surface area contributed by atoms with E-state index in [1.165, 1.54) is 0 Å². The maximum absolute atomic E-state index is 12.7. The van der Waals surface area contributed by atoms with Gasteiger partial charge in [0, 0.05) is 30.9 Å². The highest BCUT2D eigenvalue weighted by molar-refractivity contribution is 5.94. The van der Waals surface area contributed by atoms with E-state index in [-0.39, 0.29) is 24.5 Å². The van der Waals surface area contributed by atoms with Crippen LogP contribution in [0.5, 0.6) is 5.75 Å². The molecule has 1 fully saturated rings. The highest BCUT2D eigenvalue weighted by Crippen LogP contribution is 2.18. The smallest absolute Gasteiger partial charge is 0.434 e. The number of carbonyl (C=O) groups excluding carboxylic acids is 3. The van der Waals surface area contributed by atoms with E-state index in [0.717, 1.165) is 0 Å². The van der Waals surface area contributed by atoms with Crippen LogP contribution in [0.3, 0.4) is 0 Å². The molecule has 1 N–H and O–H groups in total. The number of nitrogens with one attached hydrogen (secondary N) is 1. The van der Waals surface area contributed by atoms with E-state index in [1.807, 2.05) is 0 Å². The Morgan fingerprint density at radius 1 is 1.10 bits per heavy atom. The summed E-state index contributed by atoms with van der Waals surface area (Å²) in [6.07, 6.45) is 2.16. The third kappa shape index (κ3) is 5.54. The largest absolute Gasteiger partial charge is 0.513 e. The molecule has 29 heavy (non-hydrogen) atoms. The zero-order valence-corrected chi connectivity index (χ0v) is 16.2. The molecule has 152 valence electrons. The quantitative estimate of drug-likeness (QED) is 0.615. The van der Waals surface area contributed by atoms with Gasteiger partial charge in [-0.05, 0) is 56.2 Å². The zero-order chi connectivity index (χ0) is 20.6. The number of hydrogen-bond acceptors (Lipinski definition) is 6. The van der Waals surface area contributed by atoms with E-state index in [1.54, 1.807) is 60.5 Å². The molecule has 1 aromatic carbocycles. The summed E-state index contributed by atoms with van der Waals surface area (Å²) in [4.78, 5) is 42.0. The van der Waals surface area contributed by atoms with Crippen molar-refractivity contribution in [1.82, 2.24) is 15.2 Å². The number of aromatic nitrogens is 1. The average Bonchev–Trinajstić information content (AvgIpc) is 2.75. The lowest BCUT2D eigenvalue weighted by atomic mass is 10.0. The Labute approximate surface area is 168 Å². The zero-order valence-electron chi connectivity index (χ0n) is 16.2. The molecule has 3 rings (SSSR count). The second-order valence-corrected chi connectivity index (χ2v) is 6.56. The van der Waals surface area contributed by atoms with E-state index < -0.39 is 6.16 Å². The van der Waals surface area contributed by atoms with Crippen LogP contribution in [0, 0.1) is 0 Å². The van der Waals surface area contributed by atoms with Crippen LogP contribution in [-0.2, 0) is 4.74 Å². The van der Waals surface area contributed by atoms with Crippen LogP contribution in [0.1, 0.15) is 40.6 Å². The van der Waals surface area contributed by atoms with Crippen LogP contribution in [0.25, 0.3) is 0 Å². The lowest BCUT2D eigenvalue weighted by Gasteiger charge is -2.32. The van der Waals surface area contributed by atoms with Gasteiger partial charge in [0.15, 0.2) is 0 Å². The fourth-order valence-electron chi connectivity index (χ4n) is 3.07. The van der Waals surface area contributed by atoms with Gasteiger partial charge in [-0.2, -0.15) is 0 Å². The van der Waals surface area contributed by atoms with Gasteiger partial charge < -0.3 is 19.7 Å². The van der Waals surface area contributed by atoms with Crippen molar-refractivity contribution in [2.24, 2.45) is 0 Å². The number of pyridine rings is 1. The number of ether oxygens (including phenoxy) is 2. The molecule has 1 aromatic heterocycles. The van der Waals surface area contributed by atoms with Gasteiger partial charge in [-0.1, -0.05) is 6.07 Å². The van der Waals surface area contributed by atoms with Crippen LogP contribution in [0.15, 0.2) is 48.7 Å². The van der Waals surface area contributed by atoms with Gasteiger partial charge in [-0.15, -0.1) is 0 Å². The molecule has 0 aliphatic carbocycles. The van der Waals surface area contributed by atoms with E-state index >= 15 is 0 Å². The monoisotopic (exact) mass is 397 g/mol. The van der Waals surface area contributed by atoms with E-state index in [0.29, 0.717) is 42.9 Å². The molecule has 0 unspecified atom stereocenters. The van der Waals surface area contributed by atoms with Crippen molar-refractivity contribution < 1.29 is 23.9 Å². The molecule has 2 heterocycles. The molecule has 8 nitrogen and oxygen atoms in total. The number of piperidine rings is 1.